The van der Waals surface area contributed by atoms with Crippen molar-refractivity contribution in [3.05, 3.63) is 460 Å². The summed E-state index contributed by atoms with van der Waals surface area (Å²) in [6.07, 6.45) is 5.51. The first-order chi connectivity index (χ1) is 67.7. The van der Waals surface area contributed by atoms with Crippen molar-refractivity contribution >= 4 is 151 Å². The largest absolute Gasteiger partial charge is 0.0616 e. The minimum atomic E-state index is 0.250. The Kier molecular flexibility index (Phi) is 17.2. The van der Waals surface area contributed by atoms with Crippen LogP contribution in [0.1, 0.15) is 56.6 Å². The van der Waals surface area contributed by atoms with E-state index in [0.717, 1.165) is 11.8 Å². The molecule has 0 amide bonds. The molecule has 0 spiro atoms. The molecule has 26 aromatic carbocycles. The van der Waals surface area contributed by atoms with Gasteiger partial charge in [-0.2, -0.15) is 0 Å². The maximum Gasteiger partial charge on any atom is -0.00199 e. The SMILES string of the molecule is CC1(C)c2cc(-c3cccc(-c4ccc5c(c4)-c4cc6c7ccccc7ccc6c6cccc-5c46)c3)ccc2C2CCCCC21.c1ccc2c(c1)cc1c3c(cccc32)-c2ccc(-c3ccc(-c4ccc5c6ccccc6c6ccccc6c5c4)cc3)cc2-1.c1ccc2c(c1)ccc1c3cccc4c3c(cc21)-c1cc(-c2ccc(-c3ccc5c6ccccc6c6ccccc6c5c3)cc2)ccc1-4. The highest BCUT2D eigenvalue weighted by Crippen LogP contribution is 2.59. The molecule has 5 aliphatic carbocycles. The van der Waals surface area contributed by atoms with Crippen molar-refractivity contribution in [2.75, 3.05) is 0 Å². The zero-order valence-electron chi connectivity index (χ0n) is 76.2. The van der Waals surface area contributed by atoms with Gasteiger partial charge >= 0.3 is 0 Å². The fraction of sp³-hybridized carbons (Fsp3) is 0.0657. The van der Waals surface area contributed by atoms with Crippen molar-refractivity contribution in [1.29, 1.82) is 0 Å². The van der Waals surface area contributed by atoms with Crippen molar-refractivity contribution in [3.8, 4) is 134 Å². The lowest BCUT2D eigenvalue weighted by Gasteiger charge is -2.34. The van der Waals surface area contributed by atoms with E-state index in [-0.39, 0.29) is 5.41 Å². The molecule has 1 fully saturated rings. The molecule has 0 aliphatic heterocycles. The fourth-order valence-electron chi connectivity index (χ4n) is 25.9. The molecule has 0 heterocycles. The van der Waals surface area contributed by atoms with Gasteiger partial charge in [0.25, 0.3) is 0 Å². The van der Waals surface area contributed by atoms with Crippen LogP contribution in [0.2, 0.25) is 0 Å². The molecule has 1 saturated carbocycles. The van der Waals surface area contributed by atoms with Crippen molar-refractivity contribution in [2.45, 2.75) is 50.9 Å². The summed E-state index contributed by atoms with van der Waals surface area (Å²) in [7, 11) is 0. The molecule has 0 aromatic heterocycles. The van der Waals surface area contributed by atoms with E-state index in [1.54, 1.807) is 11.1 Å². The van der Waals surface area contributed by atoms with E-state index < -0.39 is 0 Å². The Bertz CT molecular complexity index is 9690. The Morgan fingerprint density at radius 2 is 0.438 bits per heavy atom. The molecular formula is C137H90. The number of rotatable bonds is 6. The second kappa shape index (κ2) is 30.2. The van der Waals surface area contributed by atoms with Gasteiger partial charge in [-0.3, -0.25) is 0 Å². The van der Waals surface area contributed by atoms with Gasteiger partial charge in [-0.1, -0.05) is 421 Å². The van der Waals surface area contributed by atoms with E-state index in [0.29, 0.717) is 0 Å². The highest BCUT2D eigenvalue weighted by atomic mass is 14.5. The second-order valence-corrected chi connectivity index (χ2v) is 39.7. The Balaban J connectivity index is 0.0000000995. The highest BCUT2D eigenvalue weighted by Gasteiger charge is 2.47. The van der Waals surface area contributed by atoms with Crippen molar-refractivity contribution < 1.29 is 0 Å². The summed E-state index contributed by atoms with van der Waals surface area (Å²) in [5, 5.41) is 37.1. The smallest absolute Gasteiger partial charge is 0.00199 e. The fourth-order valence-corrected chi connectivity index (χ4v) is 25.9. The van der Waals surface area contributed by atoms with Crippen LogP contribution in [0.4, 0.5) is 0 Å². The third kappa shape index (κ3) is 11.9. The molecule has 0 saturated heterocycles. The number of hydrogen-bond donors (Lipinski definition) is 0. The summed E-state index contributed by atoms with van der Waals surface area (Å²) in [6.45, 7) is 4.99. The minimum Gasteiger partial charge on any atom is -0.0616 e. The van der Waals surface area contributed by atoms with Crippen LogP contribution in [0.15, 0.2) is 449 Å². The summed E-state index contributed by atoms with van der Waals surface area (Å²) in [5.41, 5.74) is 34.7. The van der Waals surface area contributed by atoms with Gasteiger partial charge in [0.1, 0.15) is 0 Å². The summed E-state index contributed by atoms with van der Waals surface area (Å²) in [4.78, 5) is 0. The molecule has 5 aliphatic rings. The Morgan fingerprint density at radius 3 is 0.869 bits per heavy atom. The molecule has 2 atom stereocenters. The first kappa shape index (κ1) is 77.9. The lowest BCUT2D eigenvalue weighted by Crippen LogP contribution is -2.28. The number of fused-ring (bicyclic) bond motifs is 34. The Hall–Kier alpha value is -16.6. The summed E-state index contributed by atoms with van der Waals surface area (Å²) in [6, 6.07) is 168. The predicted octanol–water partition coefficient (Wildman–Crippen LogP) is 38.7. The maximum absolute atomic E-state index is 2.53. The van der Waals surface area contributed by atoms with Gasteiger partial charge in [0.05, 0.1) is 0 Å². The van der Waals surface area contributed by atoms with Crippen molar-refractivity contribution in [3.63, 3.8) is 0 Å². The highest BCUT2D eigenvalue weighted by molar-refractivity contribution is 6.32. The normalized spacial score (nSPS) is 14.4. The molecule has 26 aromatic rings. The van der Waals surface area contributed by atoms with Crippen LogP contribution < -0.4 is 0 Å². The van der Waals surface area contributed by atoms with E-state index in [1.807, 2.05) is 0 Å². The Labute approximate surface area is 795 Å². The van der Waals surface area contributed by atoms with Crippen LogP contribution in [-0.4, -0.2) is 0 Å². The van der Waals surface area contributed by atoms with Gasteiger partial charge in [-0.25, -0.2) is 0 Å². The average molecular weight is 1740 g/mol. The van der Waals surface area contributed by atoms with Gasteiger partial charge in [0, 0.05) is 0 Å². The van der Waals surface area contributed by atoms with E-state index in [1.165, 1.54) is 310 Å². The molecule has 0 nitrogen and oxygen atoms in total. The first-order valence-electron chi connectivity index (χ1n) is 48.9. The monoisotopic (exact) mass is 1730 g/mol. The van der Waals surface area contributed by atoms with Gasteiger partial charge in [0.2, 0.25) is 0 Å². The number of hydrogen-bond acceptors (Lipinski definition) is 0. The van der Waals surface area contributed by atoms with E-state index in [9.17, 15) is 0 Å². The molecule has 31 rings (SSSR count). The van der Waals surface area contributed by atoms with Crippen LogP contribution in [0, 0.1) is 5.92 Å². The van der Waals surface area contributed by atoms with Crippen LogP contribution in [-0.2, 0) is 5.41 Å². The molecule has 0 radical (unpaired) electrons. The van der Waals surface area contributed by atoms with Gasteiger partial charge in [-0.05, 0) is 380 Å². The van der Waals surface area contributed by atoms with Crippen molar-refractivity contribution in [1.82, 2.24) is 0 Å². The quantitative estimate of drug-likeness (QED) is 0.146. The van der Waals surface area contributed by atoms with Crippen molar-refractivity contribution in [2.24, 2.45) is 5.92 Å². The third-order valence-electron chi connectivity index (χ3n) is 32.4. The van der Waals surface area contributed by atoms with E-state index in [4.69, 9.17) is 0 Å². The van der Waals surface area contributed by atoms with Gasteiger partial charge < -0.3 is 0 Å². The van der Waals surface area contributed by atoms with Crippen LogP contribution in [0.25, 0.3) is 284 Å². The lowest BCUT2D eigenvalue weighted by molar-refractivity contribution is 0.233. The minimum absolute atomic E-state index is 0.250. The van der Waals surface area contributed by atoms with Gasteiger partial charge in [-0.15, -0.1) is 0 Å². The Morgan fingerprint density at radius 1 is 0.161 bits per heavy atom. The predicted molar refractivity (Wildman–Crippen MR) is 588 cm³/mol. The third-order valence-corrected chi connectivity index (χ3v) is 32.4. The average Bonchev–Trinajstić information content (AvgIpc) is 1.57. The zero-order valence-corrected chi connectivity index (χ0v) is 76.2. The maximum atomic E-state index is 2.53. The summed E-state index contributed by atoms with van der Waals surface area (Å²) < 4.78 is 0. The molecule has 0 heteroatoms. The van der Waals surface area contributed by atoms with Crippen LogP contribution in [0.5, 0.6) is 0 Å². The lowest BCUT2D eigenvalue weighted by atomic mass is 9.70. The summed E-state index contributed by atoms with van der Waals surface area (Å²) >= 11 is 0. The van der Waals surface area contributed by atoms with Crippen LogP contribution >= 0.6 is 0 Å². The molecule has 0 bridgehead atoms. The van der Waals surface area contributed by atoms with Gasteiger partial charge in [0.15, 0.2) is 0 Å². The van der Waals surface area contributed by atoms with E-state index in [2.05, 4.69) is 463 Å². The molecule has 0 N–H and O–H groups in total. The standard InChI is InChI=1S/C48H28.C45H36.C44H26/c1-2-9-34-31(8-1)20-23-41-43-15-7-14-42-40-25-22-33(27-45(40)47(48(42)43)28-46(34)41)30-18-16-29(17-19-30)32-21-24-39-37-12-4-3-10-35(37)36-11-5-6-13-38(36)44(39)26-32;1-45(2)42-16-6-5-13-35(42)36-22-19-31(25-43(36)45)29-11-7-10-28(23-29)30-18-21-33-37-14-8-15-38-34-20-17-27-9-3-4-12-32(27)40(34)26-41(44(37)38)39(33)24-30;1-2-9-32-31(8-1)26-43-42-25-30(21-23-38(42)40-15-7-14-39(32)44(40)43)28-18-16-27(17-19-28)29-20-22-37-35-12-4-3-10-33(35)34-11-5-6-13-36(34)41(37)24-29/h1-28H;3-4,7-12,14-15,17-26,35,42H,5-6,13,16H2,1-2H3;1-26H. The topological polar surface area (TPSA) is 0 Å². The first-order valence-corrected chi connectivity index (χ1v) is 48.9. The molecule has 2 unspecified atom stereocenters. The number of benzene rings is 26. The van der Waals surface area contributed by atoms with Crippen LogP contribution in [0.3, 0.4) is 0 Å². The molecular weight excluding hydrogens is 1650 g/mol. The second-order valence-electron chi connectivity index (χ2n) is 39.7. The van der Waals surface area contributed by atoms with E-state index >= 15 is 0 Å². The molecule has 638 valence electrons. The summed E-state index contributed by atoms with van der Waals surface area (Å²) in [5.74, 6) is 1.54. The zero-order chi connectivity index (χ0) is 90.0. The molecule has 137 heavy (non-hydrogen) atoms.